The average Bonchev–Trinajstić information content (AvgIpc) is 2.11. The molecule has 0 saturated heterocycles. The van der Waals surface area contributed by atoms with E-state index in [2.05, 4.69) is 10.6 Å². The van der Waals surface area contributed by atoms with Gasteiger partial charge in [-0.3, -0.25) is 9.59 Å². The van der Waals surface area contributed by atoms with Gasteiger partial charge in [0.2, 0.25) is 5.91 Å². The molecule has 0 aliphatic carbocycles. The van der Waals surface area contributed by atoms with Crippen LogP contribution < -0.4 is 10.6 Å². The van der Waals surface area contributed by atoms with E-state index >= 15 is 0 Å². The van der Waals surface area contributed by atoms with E-state index in [9.17, 15) is 9.59 Å². The van der Waals surface area contributed by atoms with Crippen molar-refractivity contribution < 1.29 is 14.7 Å². The van der Waals surface area contributed by atoms with Crippen LogP contribution in [0.5, 0.6) is 0 Å². The maximum absolute atomic E-state index is 11.5. The summed E-state index contributed by atoms with van der Waals surface area (Å²) in [6.07, 6.45) is 1.15. The van der Waals surface area contributed by atoms with Crippen molar-refractivity contribution in [1.29, 1.82) is 0 Å². The number of carboxylic acid groups (broad SMARTS) is 1. The van der Waals surface area contributed by atoms with Crippen LogP contribution >= 0.6 is 0 Å². The van der Waals surface area contributed by atoms with E-state index in [-0.39, 0.29) is 23.9 Å². The van der Waals surface area contributed by atoms with Gasteiger partial charge in [-0.25, -0.2) is 0 Å². The molecule has 0 bridgehead atoms. The highest BCUT2D eigenvalue weighted by Crippen LogP contribution is 1.99. The van der Waals surface area contributed by atoms with Crippen LogP contribution in [0.25, 0.3) is 0 Å². The molecule has 0 saturated carbocycles. The molecule has 1 amide bonds. The Hall–Kier alpha value is -1.10. The van der Waals surface area contributed by atoms with E-state index < -0.39 is 5.97 Å². The third-order valence-corrected chi connectivity index (χ3v) is 2.15. The van der Waals surface area contributed by atoms with E-state index in [1.807, 2.05) is 27.7 Å². The molecule has 0 heterocycles. The van der Waals surface area contributed by atoms with Gasteiger partial charge in [-0.05, 0) is 34.1 Å². The van der Waals surface area contributed by atoms with Crippen LogP contribution in [-0.2, 0) is 9.59 Å². The van der Waals surface area contributed by atoms with E-state index in [1.165, 1.54) is 0 Å². The maximum atomic E-state index is 11.5. The topological polar surface area (TPSA) is 78.4 Å². The predicted molar refractivity (Wildman–Crippen MR) is 66.8 cm³/mol. The summed E-state index contributed by atoms with van der Waals surface area (Å²) in [5.41, 5.74) is -0.202. The van der Waals surface area contributed by atoms with Gasteiger partial charge < -0.3 is 15.7 Å². The predicted octanol–water partition coefficient (Wildman–Crippen LogP) is 1.13. The minimum atomic E-state index is -0.788. The molecular formula is C12H24N2O3. The van der Waals surface area contributed by atoms with E-state index in [1.54, 1.807) is 0 Å². The van der Waals surface area contributed by atoms with E-state index in [0.717, 1.165) is 0 Å². The van der Waals surface area contributed by atoms with Crippen LogP contribution in [0, 0.1) is 0 Å². The average molecular weight is 244 g/mol. The normalized spacial score (nSPS) is 13.2. The van der Waals surface area contributed by atoms with Gasteiger partial charge in [-0.2, -0.15) is 0 Å². The number of hydrogen-bond acceptors (Lipinski definition) is 3. The Morgan fingerprint density at radius 1 is 1.24 bits per heavy atom. The zero-order chi connectivity index (χ0) is 13.5. The largest absolute Gasteiger partial charge is 0.481 e. The third-order valence-electron chi connectivity index (χ3n) is 2.15. The molecule has 0 spiro atoms. The molecule has 0 aliphatic rings. The minimum Gasteiger partial charge on any atom is -0.481 e. The Morgan fingerprint density at radius 3 is 2.29 bits per heavy atom. The van der Waals surface area contributed by atoms with E-state index in [4.69, 9.17) is 5.11 Å². The standard InChI is InChI=1S/C12H24N2O3/c1-9(5-6-11(16)17)13-8-7-10(15)14-12(2,3)4/h9,13H,5-8H2,1-4H3,(H,14,15)(H,16,17). The summed E-state index contributed by atoms with van der Waals surface area (Å²) in [6, 6.07) is 0.119. The Morgan fingerprint density at radius 2 is 1.82 bits per heavy atom. The first-order chi connectivity index (χ1) is 7.70. The second-order valence-corrected chi connectivity index (χ2v) is 5.34. The first-order valence-corrected chi connectivity index (χ1v) is 5.97. The monoisotopic (exact) mass is 244 g/mol. The quantitative estimate of drug-likeness (QED) is 0.627. The number of carboxylic acids is 1. The molecular weight excluding hydrogens is 220 g/mol. The highest BCUT2D eigenvalue weighted by molar-refractivity contribution is 5.76. The van der Waals surface area contributed by atoms with Crippen LogP contribution in [0.4, 0.5) is 0 Å². The summed E-state index contributed by atoms with van der Waals surface area (Å²) < 4.78 is 0. The van der Waals surface area contributed by atoms with Gasteiger partial charge in [-0.15, -0.1) is 0 Å². The number of carbonyl (C=O) groups excluding carboxylic acids is 1. The fourth-order valence-corrected chi connectivity index (χ4v) is 1.35. The molecule has 100 valence electrons. The number of aliphatic carboxylic acids is 1. The molecule has 0 aromatic carbocycles. The Labute approximate surface area is 103 Å². The lowest BCUT2D eigenvalue weighted by atomic mass is 10.1. The molecule has 17 heavy (non-hydrogen) atoms. The Balaban J connectivity index is 3.62. The molecule has 1 atom stereocenters. The molecule has 3 N–H and O–H groups in total. The number of nitrogens with one attached hydrogen (secondary N) is 2. The van der Waals surface area contributed by atoms with Gasteiger partial charge >= 0.3 is 5.97 Å². The first kappa shape index (κ1) is 15.9. The van der Waals surface area contributed by atoms with Crippen molar-refractivity contribution in [3.63, 3.8) is 0 Å². The highest BCUT2D eigenvalue weighted by Gasteiger charge is 2.13. The SMILES string of the molecule is CC(CCC(=O)O)NCCC(=O)NC(C)(C)C. The van der Waals surface area contributed by atoms with Crippen LogP contribution in [0.2, 0.25) is 0 Å². The summed E-state index contributed by atoms with van der Waals surface area (Å²) in [4.78, 5) is 21.8. The van der Waals surface area contributed by atoms with Gasteiger partial charge in [0.15, 0.2) is 0 Å². The summed E-state index contributed by atoms with van der Waals surface area (Å²) in [5.74, 6) is -0.778. The maximum Gasteiger partial charge on any atom is 0.303 e. The van der Waals surface area contributed by atoms with Crippen molar-refractivity contribution in [3.8, 4) is 0 Å². The van der Waals surface area contributed by atoms with E-state index in [0.29, 0.717) is 19.4 Å². The van der Waals surface area contributed by atoms with Crippen LogP contribution in [0.1, 0.15) is 47.0 Å². The smallest absolute Gasteiger partial charge is 0.303 e. The molecule has 5 nitrogen and oxygen atoms in total. The zero-order valence-electron chi connectivity index (χ0n) is 11.2. The van der Waals surface area contributed by atoms with Crippen LogP contribution in [-0.4, -0.2) is 35.1 Å². The van der Waals surface area contributed by atoms with Crippen molar-refractivity contribution in [2.24, 2.45) is 0 Å². The number of amides is 1. The lowest BCUT2D eigenvalue weighted by Crippen LogP contribution is -2.42. The molecule has 1 unspecified atom stereocenters. The van der Waals surface area contributed by atoms with Gasteiger partial charge in [0.1, 0.15) is 0 Å². The Bertz CT molecular complexity index is 259. The number of carbonyl (C=O) groups is 2. The van der Waals surface area contributed by atoms with Crippen LogP contribution in [0.15, 0.2) is 0 Å². The molecule has 0 aromatic heterocycles. The second-order valence-electron chi connectivity index (χ2n) is 5.34. The third kappa shape index (κ3) is 11.2. The van der Waals surface area contributed by atoms with Crippen molar-refractivity contribution >= 4 is 11.9 Å². The minimum absolute atomic E-state index is 0.00966. The molecule has 0 fully saturated rings. The molecule has 5 heteroatoms. The van der Waals surface area contributed by atoms with Gasteiger partial charge in [-0.1, -0.05) is 0 Å². The highest BCUT2D eigenvalue weighted by atomic mass is 16.4. The van der Waals surface area contributed by atoms with Crippen molar-refractivity contribution in [2.45, 2.75) is 58.5 Å². The fraction of sp³-hybridized carbons (Fsp3) is 0.833. The summed E-state index contributed by atoms with van der Waals surface area (Å²) in [6.45, 7) is 8.31. The molecule has 0 aromatic rings. The fourth-order valence-electron chi connectivity index (χ4n) is 1.35. The van der Waals surface area contributed by atoms with Gasteiger partial charge in [0.25, 0.3) is 0 Å². The van der Waals surface area contributed by atoms with Gasteiger partial charge in [0, 0.05) is 31.0 Å². The molecule has 0 aliphatic heterocycles. The zero-order valence-corrected chi connectivity index (χ0v) is 11.2. The summed E-state index contributed by atoms with van der Waals surface area (Å²) in [5, 5.41) is 14.5. The van der Waals surface area contributed by atoms with Crippen molar-refractivity contribution in [2.75, 3.05) is 6.54 Å². The number of hydrogen-bond donors (Lipinski definition) is 3. The first-order valence-electron chi connectivity index (χ1n) is 5.97. The molecule has 0 radical (unpaired) electrons. The molecule has 0 rings (SSSR count). The number of rotatable bonds is 7. The Kier molecular flexibility index (Phi) is 6.80. The lowest BCUT2D eigenvalue weighted by molar-refractivity contribution is -0.137. The lowest BCUT2D eigenvalue weighted by Gasteiger charge is -2.21. The summed E-state index contributed by atoms with van der Waals surface area (Å²) >= 11 is 0. The van der Waals surface area contributed by atoms with Gasteiger partial charge in [0.05, 0.1) is 0 Å². The van der Waals surface area contributed by atoms with Crippen LogP contribution in [0.3, 0.4) is 0 Å². The summed E-state index contributed by atoms with van der Waals surface area (Å²) in [7, 11) is 0. The van der Waals surface area contributed by atoms with Crippen molar-refractivity contribution in [3.05, 3.63) is 0 Å². The second kappa shape index (κ2) is 7.27. The van der Waals surface area contributed by atoms with Crippen molar-refractivity contribution in [1.82, 2.24) is 10.6 Å².